The van der Waals surface area contributed by atoms with E-state index in [0.717, 1.165) is 41.2 Å². The third-order valence-corrected chi connectivity index (χ3v) is 6.55. The molecule has 5 nitrogen and oxygen atoms in total. The van der Waals surface area contributed by atoms with Crippen molar-refractivity contribution < 1.29 is 14.3 Å². The molecule has 2 aromatic carbocycles. The standard InChI is InChI=1S/C20H17ClN2O3S/c21-14-2-4-18-15(10-14)22-19(27-18)12-5-7-23(8-6-12)20(24)13-1-3-16-17(9-13)26-11-25-16/h1-4,9-10,12H,5-8,11H2. The fourth-order valence-corrected chi connectivity index (χ4v) is 4.92. The summed E-state index contributed by atoms with van der Waals surface area (Å²) in [5.41, 5.74) is 1.61. The van der Waals surface area contributed by atoms with Crippen LogP contribution in [0.5, 0.6) is 11.5 Å². The van der Waals surface area contributed by atoms with Gasteiger partial charge in [0.25, 0.3) is 5.91 Å². The quantitative estimate of drug-likeness (QED) is 0.625. The number of carbonyl (C=O) groups excluding carboxylic acids is 1. The lowest BCUT2D eigenvalue weighted by atomic mass is 9.97. The number of likely N-dealkylation sites (tertiary alicyclic amines) is 1. The molecule has 1 amide bonds. The number of halogens is 1. The summed E-state index contributed by atoms with van der Waals surface area (Å²) < 4.78 is 11.9. The molecule has 0 bridgehead atoms. The van der Waals surface area contributed by atoms with Crippen LogP contribution in [0.15, 0.2) is 36.4 Å². The van der Waals surface area contributed by atoms with E-state index < -0.39 is 0 Å². The molecule has 7 heteroatoms. The minimum absolute atomic E-state index is 0.0443. The van der Waals surface area contributed by atoms with E-state index in [4.69, 9.17) is 26.1 Å². The maximum Gasteiger partial charge on any atom is 0.253 e. The average Bonchev–Trinajstić information content (AvgIpc) is 3.33. The Morgan fingerprint density at radius 1 is 1.11 bits per heavy atom. The predicted octanol–water partition coefficient (Wildman–Crippen LogP) is 4.70. The molecule has 3 aromatic rings. The van der Waals surface area contributed by atoms with Crippen molar-refractivity contribution in [1.29, 1.82) is 0 Å². The first kappa shape index (κ1) is 16.8. The number of thiazole rings is 1. The average molecular weight is 401 g/mol. The van der Waals surface area contributed by atoms with Crippen LogP contribution in [0.3, 0.4) is 0 Å². The van der Waals surface area contributed by atoms with Crippen LogP contribution in [-0.4, -0.2) is 35.7 Å². The molecule has 1 fully saturated rings. The van der Waals surface area contributed by atoms with Gasteiger partial charge in [-0.2, -0.15) is 0 Å². The van der Waals surface area contributed by atoms with Gasteiger partial charge in [0.05, 0.1) is 15.2 Å². The van der Waals surface area contributed by atoms with E-state index in [1.165, 1.54) is 0 Å². The highest BCUT2D eigenvalue weighted by atomic mass is 35.5. The summed E-state index contributed by atoms with van der Waals surface area (Å²) in [6.45, 7) is 1.68. The molecule has 0 atom stereocenters. The Hall–Kier alpha value is -2.31. The molecule has 27 heavy (non-hydrogen) atoms. The van der Waals surface area contributed by atoms with Crippen LogP contribution in [0.25, 0.3) is 10.2 Å². The highest BCUT2D eigenvalue weighted by Crippen LogP contribution is 2.36. The predicted molar refractivity (Wildman–Crippen MR) is 105 cm³/mol. The monoisotopic (exact) mass is 400 g/mol. The number of ether oxygens (including phenoxy) is 2. The van der Waals surface area contributed by atoms with Gasteiger partial charge in [0, 0.05) is 29.6 Å². The van der Waals surface area contributed by atoms with E-state index in [-0.39, 0.29) is 12.7 Å². The molecule has 0 spiro atoms. The highest BCUT2D eigenvalue weighted by Gasteiger charge is 2.27. The molecule has 0 aliphatic carbocycles. The lowest BCUT2D eigenvalue weighted by Gasteiger charge is -2.31. The largest absolute Gasteiger partial charge is 0.454 e. The molecule has 2 aliphatic heterocycles. The van der Waals surface area contributed by atoms with Gasteiger partial charge in [-0.05, 0) is 49.2 Å². The number of carbonyl (C=O) groups is 1. The van der Waals surface area contributed by atoms with Crippen molar-refractivity contribution in [2.45, 2.75) is 18.8 Å². The summed E-state index contributed by atoms with van der Waals surface area (Å²) in [6, 6.07) is 11.2. The van der Waals surface area contributed by atoms with E-state index in [1.807, 2.05) is 23.1 Å². The number of hydrogen-bond donors (Lipinski definition) is 0. The van der Waals surface area contributed by atoms with Gasteiger partial charge in [-0.1, -0.05) is 11.6 Å². The first-order valence-corrected chi connectivity index (χ1v) is 10.1. The van der Waals surface area contributed by atoms with Crippen molar-refractivity contribution in [3.8, 4) is 11.5 Å². The van der Waals surface area contributed by atoms with Gasteiger partial charge in [0.1, 0.15) is 0 Å². The first-order valence-electron chi connectivity index (χ1n) is 8.92. The van der Waals surface area contributed by atoms with Crippen LogP contribution in [0.1, 0.15) is 34.1 Å². The Morgan fingerprint density at radius 3 is 2.78 bits per heavy atom. The smallest absolute Gasteiger partial charge is 0.253 e. The minimum Gasteiger partial charge on any atom is -0.454 e. The van der Waals surface area contributed by atoms with Crippen molar-refractivity contribution in [3.05, 3.63) is 52.0 Å². The fraction of sp³-hybridized carbons (Fsp3) is 0.300. The van der Waals surface area contributed by atoms with Gasteiger partial charge < -0.3 is 14.4 Å². The molecule has 0 radical (unpaired) electrons. The number of benzene rings is 2. The number of aromatic nitrogens is 1. The van der Waals surface area contributed by atoms with Crippen molar-refractivity contribution in [2.24, 2.45) is 0 Å². The Kier molecular flexibility index (Phi) is 4.17. The van der Waals surface area contributed by atoms with Gasteiger partial charge in [-0.15, -0.1) is 11.3 Å². The topological polar surface area (TPSA) is 51.7 Å². The zero-order valence-corrected chi connectivity index (χ0v) is 16.1. The Labute approximate surface area is 165 Å². The highest BCUT2D eigenvalue weighted by molar-refractivity contribution is 7.18. The molecule has 5 rings (SSSR count). The molecule has 2 aliphatic rings. The van der Waals surface area contributed by atoms with Crippen molar-refractivity contribution >= 4 is 39.1 Å². The van der Waals surface area contributed by atoms with Crippen LogP contribution in [0, 0.1) is 0 Å². The summed E-state index contributed by atoms with van der Waals surface area (Å²) in [7, 11) is 0. The maximum absolute atomic E-state index is 12.8. The second-order valence-corrected chi connectivity index (χ2v) is 8.30. The number of hydrogen-bond acceptors (Lipinski definition) is 5. The molecule has 0 saturated carbocycles. The number of fused-ring (bicyclic) bond motifs is 2. The molecule has 0 unspecified atom stereocenters. The normalized spacial score (nSPS) is 16.9. The van der Waals surface area contributed by atoms with Crippen LogP contribution in [0.4, 0.5) is 0 Å². The Bertz CT molecular complexity index is 1030. The van der Waals surface area contributed by atoms with E-state index in [2.05, 4.69) is 0 Å². The lowest BCUT2D eigenvalue weighted by Crippen LogP contribution is -2.37. The van der Waals surface area contributed by atoms with E-state index in [9.17, 15) is 4.79 Å². The number of amides is 1. The first-order chi connectivity index (χ1) is 13.2. The van der Waals surface area contributed by atoms with Crippen LogP contribution < -0.4 is 9.47 Å². The number of nitrogens with zero attached hydrogens (tertiary/aromatic N) is 2. The van der Waals surface area contributed by atoms with Crippen LogP contribution >= 0.6 is 22.9 Å². The molecule has 1 aromatic heterocycles. The van der Waals surface area contributed by atoms with Gasteiger partial charge in [0.2, 0.25) is 6.79 Å². The number of rotatable bonds is 2. The van der Waals surface area contributed by atoms with Crippen molar-refractivity contribution in [2.75, 3.05) is 19.9 Å². The van der Waals surface area contributed by atoms with Crippen LogP contribution in [-0.2, 0) is 0 Å². The summed E-state index contributed by atoms with van der Waals surface area (Å²) in [5.74, 6) is 1.77. The molecular formula is C20H17ClN2O3S. The molecule has 3 heterocycles. The van der Waals surface area contributed by atoms with Gasteiger partial charge in [0.15, 0.2) is 11.5 Å². The van der Waals surface area contributed by atoms with E-state index in [1.54, 1.807) is 29.5 Å². The summed E-state index contributed by atoms with van der Waals surface area (Å²) in [6.07, 6.45) is 1.84. The lowest BCUT2D eigenvalue weighted by molar-refractivity contribution is 0.0712. The zero-order valence-electron chi connectivity index (χ0n) is 14.5. The molecular weight excluding hydrogens is 384 g/mol. The Balaban J connectivity index is 1.28. The summed E-state index contributed by atoms with van der Waals surface area (Å²) >= 11 is 7.79. The Morgan fingerprint density at radius 2 is 1.93 bits per heavy atom. The summed E-state index contributed by atoms with van der Waals surface area (Å²) in [5, 5.41) is 1.85. The minimum atomic E-state index is 0.0443. The van der Waals surface area contributed by atoms with Crippen molar-refractivity contribution in [1.82, 2.24) is 9.88 Å². The fourth-order valence-electron chi connectivity index (χ4n) is 3.63. The zero-order chi connectivity index (χ0) is 18.4. The second kappa shape index (κ2) is 6.69. The SMILES string of the molecule is O=C(c1ccc2c(c1)OCO2)N1CCC(c2nc3cc(Cl)ccc3s2)CC1. The van der Waals surface area contributed by atoms with Gasteiger partial charge in [-0.3, -0.25) is 4.79 Å². The molecule has 138 valence electrons. The third-order valence-electron chi connectivity index (χ3n) is 5.12. The van der Waals surface area contributed by atoms with Crippen LogP contribution in [0.2, 0.25) is 5.02 Å². The van der Waals surface area contributed by atoms with Crippen molar-refractivity contribution in [3.63, 3.8) is 0 Å². The maximum atomic E-state index is 12.8. The number of piperidine rings is 1. The molecule has 1 saturated heterocycles. The summed E-state index contributed by atoms with van der Waals surface area (Å²) in [4.78, 5) is 19.5. The van der Waals surface area contributed by atoms with E-state index in [0.29, 0.717) is 28.0 Å². The third kappa shape index (κ3) is 3.13. The second-order valence-electron chi connectivity index (χ2n) is 6.80. The molecule has 0 N–H and O–H groups in total. The van der Waals surface area contributed by atoms with Gasteiger partial charge in [-0.25, -0.2) is 4.98 Å². The van der Waals surface area contributed by atoms with E-state index >= 15 is 0 Å². The van der Waals surface area contributed by atoms with Gasteiger partial charge >= 0.3 is 0 Å².